The number of carbonyl (C=O) groups excluding carboxylic acids is 4. The average molecular weight is 576 g/mol. The number of ketones is 2. The fourth-order valence-electron chi connectivity index (χ4n) is 4.80. The quantitative estimate of drug-likeness (QED) is 0.236. The molecular formula is C29H41N3O9. The van der Waals surface area contributed by atoms with Gasteiger partial charge in [-0.2, -0.15) is 0 Å². The van der Waals surface area contributed by atoms with Crippen LogP contribution in [0.5, 0.6) is 0 Å². The number of aliphatic hydroxyl groups excluding tert-OH is 2. The van der Waals surface area contributed by atoms with Crippen molar-refractivity contribution < 1.29 is 43.6 Å². The van der Waals surface area contributed by atoms with Crippen LogP contribution in [0.2, 0.25) is 0 Å². The molecule has 41 heavy (non-hydrogen) atoms. The lowest BCUT2D eigenvalue weighted by Gasteiger charge is -2.29. The predicted octanol–water partition coefficient (Wildman–Crippen LogP) is 1.30. The maximum absolute atomic E-state index is 13.4. The van der Waals surface area contributed by atoms with Crippen LogP contribution in [0.15, 0.2) is 58.2 Å². The first-order valence-corrected chi connectivity index (χ1v) is 13.3. The molecule has 2 amide bonds. The van der Waals surface area contributed by atoms with Gasteiger partial charge in [0.15, 0.2) is 0 Å². The third kappa shape index (κ3) is 8.87. The van der Waals surface area contributed by atoms with Crippen molar-refractivity contribution in [3.8, 4) is 0 Å². The Balaban J connectivity index is 2.64. The maximum Gasteiger partial charge on any atom is 0.405 e. The van der Waals surface area contributed by atoms with Crippen LogP contribution in [0.25, 0.3) is 0 Å². The van der Waals surface area contributed by atoms with E-state index >= 15 is 0 Å². The van der Waals surface area contributed by atoms with Gasteiger partial charge in [0.05, 0.1) is 43.1 Å². The van der Waals surface area contributed by atoms with E-state index in [0.29, 0.717) is 6.42 Å². The number of nitrogens with one attached hydrogen (secondary N) is 2. The van der Waals surface area contributed by atoms with E-state index in [-0.39, 0.29) is 52.6 Å². The van der Waals surface area contributed by atoms with E-state index < -0.39 is 54.4 Å². The second-order valence-corrected chi connectivity index (χ2v) is 10.2. The number of amides is 2. The number of hydrogen-bond donors (Lipinski definition) is 5. The minimum absolute atomic E-state index is 0.0378. The largest absolute Gasteiger partial charge is 0.501 e. The molecule has 0 radical (unpaired) electrons. The highest BCUT2D eigenvalue weighted by atomic mass is 16.6. The van der Waals surface area contributed by atoms with E-state index in [0.717, 1.165) is 6.08 Å². The number of Topliss-reactive ketones (excluding diaryl/α,β-unsaturated/α-hetero) is 1. The predicted molar refractivity (Wildman–Crippen MR) is 150 cm³/mol. The lowest BCUT2D eigenvalue weighted by atomic mass is 9.85. The van der Waals surface area contributed by atoms with Crippen molar-refractivity contribution in [2.45, 2.75) is 58.3 Å². The second kappa shape index (κ2) is 15.3. The monoisotopic (exact) mass is 575 g/mol. The van der Waals surface area contributed by atoms with Crippen LogP contribution in [0.1, 0.15) is 40.0 Å². The summed E-state index contributed by atoms with van der Waals surface area (Å²) < 4.78 is 16.3. The minimum atomic E-state index is -1.07. The number of fused-ring (bicyclic) bond motifs is 2. The fraction of sp³-hybridized carbons (Fsp3) is 0.517. The fourth-order valence-corrected chi connectivity index (χ4v) is 4.80. The van der Waals surface area contributed by atoms with Gasteiger partial charge >= 0.3 is 6.09 Å². The van der Waals surface area contributed by atoms with E-state index in [1.165, 1.54) is 33.3 Å². The van der Waals surface area contributed by atoms with Crippen molar-refractivity contribution in [3.05, 3.63) is 58.2 Å². The molecule has 0 saturated carbocycles. The molecule has 0 spiro atoms. The lowest BCUT2D eigenvalue weighted by molar-refractivity contribution is -0.120. The molecule has 6 N–H and O–H groups in total. The van der Waals surface area contributed by atoms with E-state index in [2.05, 4.69) is 10.6 Å². The number of aliphatic hydroxyl groups is 2. The summed E-state index contributed by atoms with van der Waals surface area (Å²) >= 11 is 0. The zero-order valence-electron chi connectivity index (χ0n) is 24.4. The van der Waals surface area contributed by atoms with Crippen LogP contribution in [-0.4, -0.2) is 80.0 Å². The number of methoxy groups -OCH3 is 2. The number of carbonyl (C=O) groups is 4. The highest BCUT2D eigenvalue weighted by Gasteiger charge is 2.33. The van der Waals surface area contributed by atoms with E-state index in [4.69, 9.17) is 19.9 Å². The van der Waals surface area contributed by atoms with Gasteiger partial charge in [0, 0.05) is 43.7 Å². The Morgan fingerprint density at radius 3 is 2.41 bits per heavy atom. The number of likely N-dealkylation sites (N-methyl/N-ethyl adjacent to an activating group) is 1. The van der Waals surface area contributed by atoms with Crippen molar-refractivity contribution in [3.63, 3.8) is 0 Å². The lowest BCUT2D eigenvalue weighted by Crippen LogP contribution is -2.37. The molecule has 0 unspecified atom stereocenters. The number of rotatable bonds is 5. The highest BCUT2D eigenvalue weighted by molar-refractivity contribution is 6.23. The van der Waals surface area contributed by atoms with E-state index in [1.54, 1.807) is 20.0 Å². The van der Waals surface area contributed by atoms with Gasteiger partial charge in [0.1, 0.15) is 6.10 Å². The Kier molecular flexibility index (Phi) is 12.5. The molecule has 226 valence electrons. The first kappa shape index (κ1) is 33.5. The van der Waals surface area contributed by atoms with Gasteiger partial charge in [-0.25, -0.2) is 4.79 Å². The summed E-state index contributed by atoms with van der Waals surface area (Å²) in [6.07, 6.45) is 2.23. The summed E-state index contributed by atoms with van der Waals surface area (Å²) in [6.45, 7) is 4.60. The molecule has 1 aliphatic carbocycles. The number of ether oxygens (including phenoxy) is 3. The third-order valence-electron chi connectivity index (χ3n) is 7.11. The Hall–Kier alpha value is -3.74. The van der Waals surface area contributed by atoms with Crippen molar-refractivity contribution in [1.82, 2.24) is 10.6 Å². The minimum Gasteiger partial charge on any atom is -0.501 e. The molecule has 0 fully saturated rings. The van der Waals surface area contributed by atoms with Crippen LogP contribution >= 0.6 is 0 Å². The molecule has 1 heterocycles. The number of primary amides is 1. The summed E-state index contributed by atoms with van der Waals surface area (Å²) in [7, 11) is 4.38. The Labute approximate surface area is 240 Å². The molecule has 12 nitrogen and oxygen atoms in total. The van der Waals surface area contributed by atoms with Crippen molar-refractivity contribution >= 4 is 23.6 Å². The summed E-state index contributed by atoms with van der Waals surface area (Å²) in [6, 6.07) is 0. The average Bonchev–Trinajstić information content (AvgIpc) is 2.93. The molecular weight excluding hydrogens is 534 g/mol. The zero-order valence-corrected chi connectivity index (χ0v) is 24.4. The topological polar surface area (TPSA) is 187 Å². The van der Waals surface area contributed by atoms with Gasteiger partial charge in [-0.15, -0.1) is 0 Å². The van der Waals surface area contributed by atoms with Crippen LogP contribution in [0.4, 0.5) is 4.79 Å². The highest BCUT2D eigenvalue weighted by Crippen LogP contribution is 2.29. The molecule has 0 saturated heterocycles. The number of nitrogens with two attached hydrogens (primary N) is 1. The van der Waals surface area contributed by atoms with Crippen molar-refractivity contribution in [2.24, 2.45) is 17.6 Å². The second-order valence-electron chi connectivity index (χ2n) is 10.2. The summed E-state index contributed by atoms with van der Waals surface area (Å²) in [4.78, 5) is 50.8. The summed E-state index contributed by atoms with van der Waals surface area (Å²) in [5.74, 6) is -2.05. The Bertz CT molecular complexity index is 1180. The smallest absolute Gasteiger partial charge is 0.405 e. The van der Waals surface area contributed by atoms with Gasteiger partial charge in [0.25, 0.3) is 5.91 Å². The van der Waals surface area contributed by atoms with Crippen molar-refractivity contribution in [1.29, 1.82) is 0 Å². The van der Waals surface area contributed by atoms with Gasteiger partial charge in [-0.3, -0.25) is 14.4 Å². The van der Waals surface area contributed by atoms with Gasteiger partial charge in [-0.05, 0) is 37.3 Å². The number of hydrogen-bond acceptors (Lipinski definition) is 10. The van der Waals surface area contributed by atoms with Crippen LogP contribution < -0.4 is 16.4 Å². The SMILES string of the molecule is CNC1=C2C[C@@H](C)C[C@H](OC)[C@H](O)[C@@H](C)/C=C(\CO)[C@H](OC(N)=O)C/C(OC)=C/C=C(\C)C(=O)NC(=CC1=O)C2=O. The standard InChI is InChI=1S/C29H41N3O9/c1-15-9-20-25(31-4)22(34)13-21(27(20)36)32-28(37)16(2)7-8-19(39-5)12-23(41-29(30)38)18(14-33)11-17(3)26(35)24(10-15)40-6/h7-8,11,13,15,17,23-24,26,31,33,35H,9-10,12,14H2,1-6H3,(H2,30,38)(H,32,37)/b16-7+,18-11+,19-8-/t15-,17+,23-,24+,26-/m1/s1. The molecule has 2 rings (SSSR count). The van der Waals surface area contributed by atoms with Gasteiger partial charge in [-0.1, -0.05) is 26.0 Å². The molecule has 0 aromatic heterocycles. The van der Waals surface area contributed by atoms with Crippen LogP contribution in [0, 0.1) is 11.8 Å². The van der Waals surface area contributed by atoms with Gasteiger partial charge < -0.3 is 40.8 Å². The van der Waals surface area contributed by atoms with Gasteiger partial charge in [0.2, 0.25) is 11.6 Å². The first-order valence-electron chi connectivity index (χ1n) is 13.3. The van der Waals surface area contributed by atoms with Crippen molar-refractivity contribution in [2.75, 3.05) is 27.9 Å². The Morgan fingerprint density at radius 1 is 1.17 bits per heavy atom. The zero-order chi connectivity index (χ0) is 30.9. The molecule has 12 heteroatoms. The molecule has 2 bridgehead atoms. The molecule has 1 aliphatic heterocycles. The number of allylic oxidation sites excluding steroid dienone is 4. The summed E-state index contributed by atoms with van der Waals surface area (Å²) in [5.41, 5.74) is 5.98. The van der Waals surface area contributed by atoms with Crippen LogP contribution in [-0.2, 0) is 28.6 Å². The molecule has 0 aromatic rings. The molecule has 2 aliphatic rings. The van der Waals surface area contributed by atoms with E-state index in [1.807, 2.05) is 6.92 Å². The molecule has 5 atom stereocenters. The van der Waals surface area contributed by atoms with E-state index in [9.17, 15) is 29.4 Å². The first-order chi connectivity index (χ1) is 19.4. The Morgan fingerprint density at radius 2 is 1.85 bits per heavy atom. The summed E-state index contributed by atoms with van der Waals surface area (Å²) in [5, 5.41) is 26.6. The third-order valence-corrected chi connectivity index (χ3v) is 7.11. The maximum atomic E-state index is 13.4. The molecule has 0 aromatic carbocycles. The van der Waals surface area contributed by atoms with Crippen LogP contribution in [0.3, 0.4) is 0 Å². The normalized spacial score (nSPS) is 31.0.